The van der Waals surface area contributed by atoms with Gasteiger partial charge in [0, 0.05) is 32.2 Å². The lowest BCUT2D eigenvalue weighted by Crippen LogP contribution is -2.40. The molecule has 1 heterocycles. The molecular weight excluding hydrogens is 386 g/mol. The Morgan fingerprint density at radius 3 is 2.45 bits per heavy atom. The summed E-state index contributed by atoms with van der Waals surface area (Å²) in [5.74, 6) is -1.86. The highest BCUT2D eigenvalue weighted by Gasteiger charge is 2.29. The largest absolute Gasteiger partial charge is 0.394 e. The molecule has 3 amide bonds. The molecule has 0 aromatic heterocycles. The van der Waals surface area contributed by atoms with E-state index in [0.717, 1.165) is 12.2 Å². The molecule has 11 nitrogen and oxygen atoms in total. The van der Waals surface area contributed by atoms with E-state index < -0.39 is 42.8 Å². The Kier molecular flexibility index (Phi) is 10.9. The number of hydrogen-bond donors (Lipinski definition) is 2. The molecular formula is C18H27N3O8. The average Bonchev–Trinajstić information content (AvgIpc) is 3.01. The first-order chi connectivity index (χ1) is 13.8. The van der Waals surface area contributed by atoms with Crippen molar-refractivity contribution in [3.05, 3.63) is 12.2 Å². The zero-order chi connectivity index (χ0) is 21.8. The topological polar surface area (TPSA) is 144 Å². The van der Waals surface area contributed by atoms with Gasteiger partial charge in [-0.1, -0.05) is 0 Å². The number of ether oxygens (including phenoxy) is 3. The molecule has 0 aromatic carbocycles. The van der Waals surface area contributed by atoms with Gasteiger partial charge in [-0.2, -0.15) is 5.10 Å². The van der Waals surface area contributed by atoms with E-state index >= 15 is 0 Å². The number of imide groups is 3. The van der Waals surface area contributed by atoms with Gasteiger partial charge < -0.3 is 29.5 Å². The van der Waals surface area contributed by atoms with Crippen LogP contribution in [-0.4, -0.2) is 85.1 Å². The van der Waals surface area contributed by atoms with Gasteiger partial charge in [0.15, 0.2) is 12.6 Å². The SMILES string of the molecule is COC(C=O)[C@@H](CO)O[C@H](/C=N\NCCCC(=O)N1C(=O)C=CC1=O)OC(C)C. The number of carbonyl (C=O) groups is 4. The Labute approximate surface area is 168 Å². The van der Waals surface area contributed by atoms with Crippen molar-refractivity contribution in [1.82, 2.24) is 10.3 Å². The van der Waals surface area contributed by atoms with E-state index in [-0.39, 0.29) is 12.5 Å². The van der Waals surface area contributed by atoms with Crippen LogP contribution in [0.5, 0.6) is 0 Å². The number of rotatable bonds is 14. The second-order valence-corrected chi connectivity index (χ2v) is 6.28. The van der Waals surface area contributed by atoms with Crippen LogP contribution in [0.2, 0.25) is 0 Å². The Bertz CT molecular complexity index is 617. The van der Waals surface area contributed by atoms with Gasteiger partial charge in [0.2, 0.25) is 5.91 Å². The van der Waals surface area contributed by atoms with Gasteiger partial charge in [-0.15, -0.1) is 0 Å². The number of methoxy groups -OCH3 is 1. The summed E-state index contributed by atoms with van der Waals surface area (Å²) in [6.45, 7) is 3.39. The average molecular weight is 413 g/mol. The lowest BCUT2D eigenvalue weighted by molar-refractivity contribution is -0.182. The molecule has 1 aliphatic heterocycles. The van der Waals surface area contributed by atoms with Crippen LogP contribution in [0.4, 0.5) is 0 Å². The molecule has 0 radical (unpaired) electrons. The summed E-state index contributed by atoms with van der Waals surface area (Å²) in [4.78, 5) is 46.3. The molecule has 1 rings (SSSR count). The van der Waals surface area contributed by atoms with E-state index in [4.69, 9.17) is 14.2 Å². The van der Waals surface area contributed by atoms with Gasteiger partial charge in [0.05, 0.1) is 18.9 Å². The second-order valence-electron chi connectivity index (χ2n) is 6.28. The van der Waals surface area contributed by atoms with Crippen LogP contribution < -0.4 is 5.43 Å². The number of hydrogen-bond acceptors (Lipinski definition) is 10. The van der Waals surface area contributed by atoms with Crippen LogP contribution in [0.3, 0.4) is 0 Å². The van der Waals surface area contributed by atoms with Crippen molar-refractivity contribution in [2.24, 2.45) is 5.10 Å². The van der Waals surface area contributed by atoms with Crippen molar-refractivity contribution in [2.75, 3.05) is 20.3 Å². The van der Waals surface area contributed by atoms with Gasteiger partial charge in [0.25, 0.3) is 11.8 Å². The van der Waals surface area contributed by atoms with Crippen molar-refractivity contribution >= 4 is 30.2 Å². The predicted molar refractivity (Wildman–Crippen MR) is 101 cm³/mol. The standard InChI is InChI=1S/C18H27N3O8/c1-12(2)28-18(29-14(11-23)13(10-22)27-3)9-20-19-8-4-5-15(24)21-16(25)6-7-17(21)26/h6-7,9-10,12-14,18-19,23H,4-5,8,11H2,1-3H3/b20-9-/t13?,14-,18-/m1/s1. The van der Waals surface area contributed by atoms with Crippen molar-refractivity contribution in [1.29, 1.82) is 0 Å². The molecule has 1 unspecified atom stereocenters. The summed E-state index contributed by atoms with van der Waals surface area (Å²) in [5, 5.41) is 13.3. The highest BCUT2D eigenvalue weighted by molar-refractivity contribution is 6.22. The van der Waals surface area contributed by atoms with Gasteiger partial charge in [-0.25, -0.2) is 4.90 Å². The molecule has 0 spiro atoms. The lowest BCUT2D eigenvalue weighted by Gasteiger charge is -2.25. The van der Waals surface area contributed by atoms with Gasteiger partial charge in [0.1, 0.15) is 12.2 Å². The maximum absolute atomic E-state index is 11.9. The van der Waals surface area contributed by atoms with Gasteiger partial charge >= 0.3 is 0 Å². The zero-order valence-electron chi connectivity index (χ0n) is 16.6. The number of aldehydes is 1. The van der Waals surface area contributed by atoms with Crippen molar-refractivity contribution in [2.45, 2.75) is 51.3 Å². The van der Waals surface area contributed by atoms with Crippen LogP contribution in [-0.2, 0) is 33.4 Å². The highest BCUT2D eigenvalue weighted by atomic mass is 16.7. The van der Waals surface area contributed by atoms with E-state index in [2.05, 4.69) is 10.5 Å². The quantitative estimate of drug-likeness (QED) is 0.0928. The van der Waals surface area contributed by atoms with Crippen LogP contribution >= 0.6 is 0 Å². The lowest BCUT2D eigenvalue weighted by atomic mass is 10.2. The summed E-state index contributed by atoms with van der Waals surface area (Å²) in [6.07, 6.45) is 1.18. The van der Waals surface area contributed by atoms with Crippen LogP contribution in [0.25, 0.3) is 0 Å². The number of carbonyl (C=O) groups excluding carboxylic acids is 4. The normalized spacial score (nSPS) is 17.2. The van der Waals surface area contributed by atoms with E-state index in [1.807, 2.05) is 0 Å². The Balaban J connectivity index is 2.45. The van der Waals surface area contributed by atoms with E-state index in [1.54, 1.807) is 13.8 Å². The zero-order valence-corrected chi connectivity index (χ0v) is 16.6. The maximum Gasteiger partial charge on any atom is 0.260 e. The van der Waals surface area contributed by atoms with E-state index in [9.17, 15) is 24.3 Å². The first kappa shape index (κ1) is 24.6. The smallest absolute Gasteiger partial charge is 0.260 e. The first-order valence-corrected chi connectivity index (χ1v) is 9.08. The molecule has 0 fully saturated rings. The minimum Gasteiger partial charge on any atom is -0.394 e. The Hall–Kier alpha value is -2.47. The minimum absolute atomic E-state index is 0.00839. The summed E-state index contributed by atoms with van der Waals surface area (Å²) >= 11 is 0. The van der Waals surface area contributed by atoms with Crippen LogP contribution in [0.15, 0.2) is 17.3 Å². The van der Waals surface area contributed by atoms with Crippen molar-refractivity contribution in [3.8, 4) is 0 Å². The highest BCUT2D eigenvalue weighted by Crippen LogP contribution is 2.08. The number of aliphatic hydroxyl groups excluding tert-OH is 1. The Morgan fingerprint density at radius 2 is 1.93 bits per heavy atom. The summed E-state index contributed by atoms with van der Waals surface area (Å²) in [5.41, 5.74) is 2.70. The maximum atomic E-state index is 11.9. The fourth-order valence-electron chi connectivity index (χ4n) is 2.32. The molecule has 3 atom stereocenters. The molecule has 0 saturated heterocycles. The van der Waals surface area contributed by atoms with Gasteiger partial charge in [-0.3, -0.25) is 14.4 Å². The molecule has 29 heavy (non-hydrogen) atoms. The van der Waals surface area contributed by atoms with Crippen molar-refractivity contribution in [3.63, 3.8) is 0 Å². The molecule has 1 aliphatic rings. The van der Waals surface area contributed by atoms with Crippen LogP contribution in [0.1, 0.15) is 26.7 Å². The molecule has 162 valence electrons. The fourth-order valence-corrected chi connectivity index (χ4v) is 2.32. The van der Waals surface area contributed by atoms with Crippen molar-refractivity contribution < 1.29 is 38.5 Å². The summed E-state index contributed by atoms with van der Waals surface area (Å²) in [6, 6.07) is 0. The fraction of sp³-hybridized carbons (Fsp3) is 0.611. The van der Waals surface area contributed by atoms with E-state index in [0.29, 0.717) is 24.2 Å². The van der Waals surface area contributed by atoms with Crippen LogP contribution in [0, 0.1) is 0 Å². The Morgan fingerprint density at radius 1 is 1.28 bits per heavy atom. The third kappa shape index (κ3) is 8.20. The minimum atomic E-state index is -0.962. The number of nitrogens with zero attached hydrogens (tertiary/aromatic N) is 2. The first-order valence-electron chi connectivity index (χ1n) is 9.08. The number of nitrogens with one attached hydrogen (secondary N) is 1. The molecule has 0 bridgehead atoms. The molecule has 2 N–H and O–H groups in total. The van der Waals surface area contributed by atoms with Gasteiger partial charge in [-0.05, 0) is 20.3 Å². The predicted octanol–water partition coefficient (Wildman–Crippen LogP) is -0.864. The molecule has 11 heteroatoms. The number of amides is 3. The number of hydrazone groups is 1. The third-order valence-electron chi connectivity index (χ3n) is 3.69. The monoisotopic (exact) mass is 413 g/mol. The molecule has 0 saturated carbocycles. The van der Waals surface area contributed by atoms with E-state index in [1.165, 1.54) is 13.3 Å². The molecule has 0 aliphatic carbocycles. The summed E-state index contributed by atoms with van der Waals surface area (Å²) in [7, 11) is 1.32. The third-order valence-corrected chi connectivity index (χ3v) is 3.69. The number of aliphatic hydroxyl groups is 1. The summed E-state index contributed by atoms with van der Waals surface area (Å²) < 4.78 is 16.0. The molecule has 0 aromatic rings. The second kappa shape index (κ2) is 12.9.